The van der Waals surface area contributed by atoms with Crippen molar-refractivity contribution in [2.24, 2.45) is 0 Å². The molecule has 0 saturated carbocycles. The highest BCUT2D eigenvalue weighted by Gasteiger charge is 2.24. The van der Waals surface area contributed by atoms with Gasteiger partial charge in [0, 0.05) is 24.9 Å². The zero-order valence-electron chi connectivity index (χ0n) is 11.9. The van der Waals surface area contributed by atoms with Crippen molar-refractivity contribution in [3.8, 4) is 0 Å². The summed E-state index contributed by atoms with van der Waals surface area (Å²) in [6.45, 7) is 11.2. The number of aryl methyl sites for hydroxylation is 2. The van der Waals surface area contributed by atoms with Gasteiger partial charge in [-0.3, -0.25) is 9.58 Å². The van der Waals surface area contributed by atoms with Gasteiger partial charge < -0.3 is 4.74 Å². The van der Waals surface area contributed by atoms with Crippen molar-refractivity contribution in [3.05, 3.63) is 17.5 Å². The smallest absolute Gasteiger partial charge is 0.0596 e. The molecule has 0 bridgehead atoms. The van der Waals surface area contributed by atoms with Gasteiger partial charge >= 0.3 is 0 Å². The minimum Gasteiger partial charge on any atom is -0.380 e. The first-order valence-electron chi connectivity index (χ1n) is 7.03. The van der Waals surface area contributed by atoms with E-state index in [1.165, 1.54) is 25.1 Å². The molecule has 0 spiro atoms. The van der Waals surface area contributed by atoms with Crippen LogP contribution in [-0.2, 0) is 11.3 Å². The van der Waals surface area contributed by atoms with E-state index in [2.05, 4.69) is 41.5 Å². The average molecular weight is 251 g/mol. The van der Waals surface area contributed by atoms with Crippen LogP contribution in [0.1, 0.15) is 31.2 Å². The molecule has 2 heterocycles. The number of hydrogen-bond acceptors (Lipinski definition) is 3. The Labute approximate surface area is 110 Å². The van der Waals surface area contributed by atoms with Gasteiger partial charge in [0.15, 0.2) is 0 Å². The van der Waals surface area contributed by atoms with Crippen molar-refractivity contribution in [2.75, 3.05) is 26.3 Å². The summed E-state index contributed by atoms with van der Waals surface area (Å²) < 4.78 is 7.61. The standard InChI is InChI=1S/C14H25N3O/c1-4-18-9-8-16-7-5-6-14(16)11-17-13(3)10-12(2)15-17/h10,14H,4-9,11H2,1-3H3. The first kappa shape index (κ1) is 13.6. The Morgan fingerprint density at radius 3 is 2.94 bits per heavy atom. The van der Waals surface area contributed by atoms with Gasteiger partial charge in [0.2, 0.25) is 0 Å². The van der Waals surface area contributed by atoms with E-state index in [9.17, 15) is 0 Å². The summed E-state index contributed by atoms with van der Waals surface area (Å²) in [5.74, 6) is 0. The van der Waals surface area contributed by atoms with Gasteiger partial charge in [-0.25, -0.2) is 0 Å². The predicted molar refractivity (Wildman–Crippen MR) is 72.8 cm³/mol. The molecule has 102 valence electrons. The molecule has 1 atom stereocenters. The summed E-state index contributed by atoms with van der Waals surface area (Å²) in [6, 6.07) is 2.78. The third kappa shape index (κ3) is 3.33. The predicted octanol–water partition coefficient (Wildman–Crippen LogP) is 2.00. The molecule has 0 N–H and O–H groups in total. The molecule has 4 heteroatoms. The molecule has 1 aliphatic heterocycles. The van der Waals surface area contributed by atoms with Crippen LogP contribution in [0, 0.1) is 13.8 Å². The Morgan fingerprint density at radius 2 is 2.28 bits per heavy atom. The van der Waals surface area contributed by atoms with E-state index in [-0.39, 0.29) is 0 Å². The summed E-state index contributed by atoms with van der Waals surface area (Å²) in [7, 11) is 0. The Bertz CT molecular complexity index is 375. The van der Waals surface area contributed by atoms with Crippen LogP contribution in [0.5, 0.6) is 0 Å². The molecule has 0 amide bonds. The third-order valence-corrected chi connectivity index (χ3v) is 3.71. The fourth-order valence-corrected chi connectivity index (χ4v) is 2.78. The van der Waals surface area contributed by atoms with Crippen LogP contribution in [0.25, 0.3) is 0 Å². The molecule has 1 saturated heterocycles. The Hall–Kier alpha value is -0.870. The monoisotopic (exact) mass is 251 g/mol. The normalized spacial score (nSPS) is 20.7. The lowest BCUT2D eigenvalue weighted by Gasteiger charge is -2.24. The lowest BCUT2D eigenvalue weighted by molar-refractivity contribution is 0.104. The van der Waals surface area contributed by atoms with Gasteiger partial charge in [-0.1, -0.05) is 0 Å². The van der Waals surface area contributed by atoms with Crippen molar-refractivity contribution < 1.29 is 4.74 Å². The number of aromatic nitrogens is 2. The Morgan fingerprint density at radius 1 is 1.44 bits per heavy atom. The largest absolute Gasteiger partial charge is 0.380 e. The quantitative estimate of drug-likeness (QED) is 0.724. The molecule has 18 heavy (non-hydrogen) atoms. The highest BCUT2D eigenvalue weighted by Crippen LogP contribution is 2.19. The number of rotatable bonds is 6. The zero-order valence-corrected chi connectivity index (χ0v) is 11.9. The van der Waals surface area contributed by atoms with Crippen LogP contribution >= 0.6 is 0 Å². The fourth-order valence-electron chi connectivity index (χ4n) is 2.78. The fraction of sp³-hybridized carbons (Fsp3) is 0.786. The molecule has 0 aliphatic carbocycles. The van der Waals surface area contributed by atoms with Gasteiger partial charge in [0.05, 0.1) is 18.8 Å². The molecule has 1 aromatic rings. The van der Waals surface area contributed by atoms with Crippen molar-refractivity contribution in [3.63, 3.8) is 0 Å². The van der Waals surface area contributed by atoms with E-state index in [4.69, 9.17) is 4.74 Å². The average Bonchev–Trinajstić information content (AvgIpc) is 2.88. The van der Waals surface area contributed by atoms with Gasteiger partial charge in [-0.2, -0.15) is 5.10 Å². The molecule has 1 fully saturated rings. The molecular weight excluding hydrogens is 226 g/mol. The lowest BCUT2D eigenvalue weighted by Crippen LogP contribution is -2.36. The summed E-state index contributed by atoms with van der Waals surface area (Å²) in [5, 5.41) is 4.56. The third-order valence-electron chi connectivity index (χ3n) is 3.71. The van der Waals surface area contributed by atoms with Crippen molar-refractivity contribution >= 4 is 0 Å². The molecule has 2 rings (SSSR count). The van der Waals surface area contributed by atoms with Crippen LogP contribution in [0.2, 0.25) is 0 Å². The minimum atomic E-state index is 0.628. The number of likely N-dealkylation sites (tertiary alicyclic amines) is 1. The van der Waals surface area contributed by atoms with Crippen LogP contribution in [-0.4, -0.2) is 47.0 Å². The molecule has 1 unspecified atom stereocenters. The van der Waals surface area contributed by atoms with Crippen LogP contribution in [0.15, 0.2) is 6.07 Å². The van der Waals surface area contributed by atoms with Gasteiger partial charge in [0.25, 0.3) is 0 Å². The van der Waals surface area contributed by atoms with Gasteiger partial charge in [0.1, 0.15) is 0 Å². The molecule has 1 aliphatic rings. The van der Waals surface area contributed by atoms with Crippen molar-refractivity contribution in [2.45, 2.75) is 46.2 Å². The maximum Gasteiger partial charge on any atom is 0.0596 e. The van der Waals surface area contributed by atoms with E-state index in [1.54, 1.807) is 0 Å². The summed E-state index contributed by atoms with van der Waals surface area (Å²) >= 11 is 0. The molecule has 0 radical (unpaired) electrons. The van der Waals surface area contributed by atoms with E-state index in [0.717, 1.165) is 32.0 Å². The van der Waals surface area contributed by atoms with Crippen LogP contribution in [0.4, 0.5) is 0 Å². The van der Waals surface area contributed by atoms with Gasteiger partial charge in [-0.15, -0.1) is 0 Å². The number of ether oxygens (including phenoxy) is 1. The second-order valence-electron chi connectivity index (χ2n) is 5.14. The Balaban J connectivity index is 1.89. The molecule has 4 nitrogen and oxygen atoms in total. The molecule has 0 aromatic carbocycles. The minimum absolute atomic E-state index is 0.628. The maximum absolute atomic E-state index is 5.46. The first-order valence-corrected chi connectivity index (χ1v) is 7.03. The number of nitrogens with zero attached hydrogens (tertiary/aromatic N) is 3. The van der Waals surface area contributed by atoms with Crippen molar-refractivity contribution in [1.29, 1.82) is 0 Å². The van der Waals surface area contributed by atoms with Crippen molar-refractivity contribution in [1.82, 2.24) is 14.7 Å². The molecule has 1 aromatic heterocycles. The zero-order chi connectivity index (χ0) is 13.0. The highest BCUT2D eigenvalue weighted by molar-refractivity contribution is 5.06. The Kier molecular flexibility index (Phi) is 4.78. The van der Waals surface area contributed by atoms with Crippen LogP contribution in [0.3, 0.4) is 0 Å². The topological polar surface area (TPSA) is 30.3 Å². The second-order valence-corrected chi connectivity index (χ2v) is 5.14. The number of hydrogen-bond donors (Lipinski definition) is 0. The summed E-state index contributed by atoms with van der Waals surface area (Å²) in [5.41, 5.74) is 2.38. The second kappa shape index (κ2) is 6.34. The van der Waals surface area contributed by atoms with E-state index in [1.807, 2.05) is 0 Å². The first-order chi connectivity index (χ1) is 8.70. The molecular formula is C14H25N3O. The SMILES string of the molecule is CCOCCN1CCCC1Cn1nc(C)cc1C. The lowest BCUT2D eigenvalue weighted by atomic mass is 10.2. The highest BCUT2D eigenvalue weighted by atomic mass is 16.5. The van der Waals surface area contributed by atoms with E-state index in [0.29, 0.717) is 6.04 Å². The van der Waals surface area contributed by atoms with Crippen LogP contribution < -0.4 is 0 Å². The maximum atomic E-state index is 5.46. The summed E-state index contributed by atoms with van der Waals surface area (Å²) in [4.78, 5) is 2.55. The van der Waals surface area contributed by atoms with E-state index >= 15 is 0 Å². The van der Waals surface area contributed by atoms with Gasteiger partial charge in [-0.05, 0) is 46.2 Å². The van der Waals surface area contributed by atoms with E-state index < -0.39 is 0 Å². The summed E-state index contributed by atoms with van der Waals surface area (Å²) in [6.07, 6.45) is 2.58.